The zero-order valence-electron chi connectivity index (χ0n) is 10.3. The lowest BCUT2D eigenvalue weighted by Crippen LogP contribution is -2.27. The molecule has 0 radical (unpaired) electrons. The second-order valence-corrected chi connectivity index (χ2v) is 5.14. The minimum atomic E-state index is -0.118. The SMILES string of the molecule is CN(C(=O)c1ccccc1I)c1ccccc1C#N. The highest BCUT2D eigenvalue weighted by molar-refractivity contribution is 14.1. The van der Waals surface area contributed by atoms with E-state index in [2.05, 4.69) is 28.7 Å². The molecule has 2 rings (SSSR count). The van der Waals surface area contributed by atoms with Crippen molar-refractivity contribution in [1.29, 1.82) is 5.26 Å². The number of nitrogens with zero attached hydrogens (tertiary/aromatic N) is 2. The minimum Gasteiger partial charge on any atom is -0.310 e. The fourth-order valence-corrected chi connectivity index (χ4v) is 2.40. The monoisotopic (exact) mass is 362 g/mol. The Morgan fingerprint density at radius 3 is 2.47 bits per heavy atom. The van der Waals surface area contributed by atoms with Gasteiger partial charge in [-0.1, -0.05) is 24.3 Å². The van der Waals surface area contributed by atoms with Gasteiger partial charge in [-0.25, -0.2) is 0 Å². The van der Waals surface area contributed by atoms with Gasteiger partial charge in [0.25, 0.3) is 5.91 Å². The third kappa shape index (κ3) is 2.76. The molecule has 2 aromatic rings. The van der Waals surface area contributed by atoms with Crippen LogP contribution in [0.1, 0.15) is 15.9 Å². The van der Waals surface area contributed by atoms with Gasteiger partial charge in [0.05, 0.1) is 16.8 Å². The Bertz CT molecular complexity index is 661. The molecule has 2 aromatic carbocycles. The second kappa shape index (κ2) is 5.85. The average Bonchev–Trinajstić information content (AvgIpc) is 2.46. The molecule has 0 atom stereocenters. The van der Waals surface area contributed by atoms with E-state index in [1.165, 1.54) is 4.90 Å². The van der Waals surface area contributed by atoms with Crippen molar-refractivity contribution in [2.45, 2.75) is 0 Å². The Labute approximate surface area is 125 Å². The van der Waals surface area contributed by atoms with E-state index in [1.807, 2.05) is 24.3 Å². The van der Waals surface area contributed by atoms with Crippen LogP contribution in [0.3, 0.4) is 0 Å². The molecule has 0 aliphatic rings. The molecule has 0 saturated heterocycles. The largest absolute Gasteiger partial charge is 0.310 e. The number of para-hydroxylation sites is 1. The Morgan fingerprint density at radius 2 is 1.79 bits per heavy atom. The number of anilines is 1. The predicted molar refractivity (Wildman–Crippen MR) is 83.0 cm³/mol. The first-order chi connectivity index (χ1) is 9.15. The smallest absolute Gasteiger partial charge is 0.259 e. The van der Waals surface area contributed by atoms with Crippen LogP contribution in [0.15, 0.2) is 48.5 Å². The fraction of sp³-hybridized carbons (Fsp3) is 0.0667. The number of halogens is 1. The summed E-state index contributed by atoms with van der Waals surface area (Å²) in [6.07, 6.45) is 0. The molecule has 0 aliphatic heterocycles. The summed E-state index contributed by atoms with van der Waals surface area (Å²) in [6.45, 7) is 0. The molecule has 19 heavy (non-hydrogen) atoms. The predicted octanol–water partition coefficient (Wildman–Crippen LogP) is 3.44. The van der Waals surface area contributed by atoms with Gasteiger partial charge in [0.1, 0.15) is 6.07 Å². The summed E-state index contributed by atoms with van der Waals surface area (Å²) < 4.78 is 0.895. The van der Waals surface area contributed by atoms with Gasteiger partial charge in [0, 0.05) is 10.6 Å². The molecule has 0 aliphatic carbocycles. The standard InChI is InChI=1S/C15H11IN2O/c1-18(14-9-5-2-6-11(14)10-17)15(19)12-7-3-4-8-13(12)16/h2-9H,1H3. The van der Waals surface area contributed by atoms with Crippen LogP contribution in [-0.4, -0.2) is 13.0 Å². The first-order valence-corrected chi connectivity index (χ1v) is 6.74. The van der Waals surface area contributed by atoms with Crippen LogP contribution in [-0.2, 0) is 0 Å². The number of amides is 1. The second-order valence-electron chi connectivity index (χ2n) is 3.97. The number of carbonyl (C=O) groups is 1. The third-order valence-corrected chi connectivity index (χ3v) is 3.74. The van der Waals surface area contributed by atoms with Crippen molar-refractivity contribution >= 4 is 34.2 Å². The molecule has 0 heterocycles. The van der Waals surface area contributed by atoms with Gasteiger partial charge in [-0.15, -0.1) is 0 Å². The van der Waals surface area contributed by atoms with Crippen molar-refractivity contribution in [3.8, 4) is 6.07 Å². The maximum atomic E-state index is 12.4. The Morgan fingerprint density at radius 1 is 1.16 bits per heavy atom. The summed E-state index contributed by atoms with van der Waals surface area (Å²) in [4.78, 5) is 14.0. The first-order valence-electron chi connectivity index (χ1n) is 5.67. The number of hydrogen-bond acceptors (Lipinski definition) is 2. The summed E-state index contributed by atoms with van der Waals surface area (Å²) in [5, 5.41) is 9.08. The quantitative estimate of drug-likeness (QED) is 0.769. The van der Waals surface area contributed by atoms with Crippen LogP contribution in [0.2, 0.25) is 0 Å². The summed E-state index contributed by atoms with van der Waals surface area (Å²) in [5.74, 6) is -0.118. The lowest BCUT2D eigenvalue weighted by molar-refractivity contribution is 0.0992. The number of carbonyl (C=O) groups excluding carboxylic acids is 1. The van der Waals surface area contributed by atoms with Crippen LogP contribution in [0.25, 0.3) is 0 Å². The van der Waals surface area contributed by atoms with E-state index >= 15 is 0 Å². The number of hydrogen-bond donors (Lipinski definition) is 0. The van der Waals surface area contributed by atoms with Gasteiger partial charge >= 0.3 is 0 Å². The van der Waals surface area contributed by atoms with Crippen molar-refractivity contribution in [1.82, 2.24) is 0 Å². The van der Waals surface area contributed by atoms with Crippen LogP contribution in [0, 0.1) is 14.9 Å². The Kier molecular flexibility index (Phi) is 4.17. The summed E-state index contributed by atoms with van der Waals surface area (Å²) >= 11 is 2.13. The topological polar surface area (TPSA) is 44.1 Å². The van der Waals surface area contributed by atoms with Crippen LogP contribution >= 0.6 is 22.6 Å². The summed E-state index contributed by atoms with van der Waals surface area (Å²) in [7, 11) is 1.68. The number of nitriles is 1. The third-order valence-electron chi connectivity index (χ3n) is 2.79. The van der Waals surface area contributed by atoms with Crippen molar-refractivity contribution in [3.05, 3.63) is 63.2 Å². The minimum absolute atomic E-state index is 0.118. The number of benzene rings is 2. The van der Waals surface area contributed by atoms with E-state index in [-0.39, 0.29) is 5.91 Å². The van der Waals surface area contributed by atoms with Gasteiger partial charge in [-0.3, -0.25) is 4.79 Å². The molecule has 4 heteroatoms. The molecule has 0 bridgehead atoms. The Balaban J connectivity index is 2.40. The van der Waals surface area contributed by atoms with Crippen LogP contribution in [0.5, 0.6) is 0 Å². The summed E-state index contributed by atoms with van der Waals surface area (Å²) in [6, 6.07) is 16.6. The molecular formula is C15H11IN2O. The lowest BCUT2D eigenvalue weighted by atomic mass is 10.1. The maximum absolute atomic E-state index is 12.4. The van der Waals surface area contributed by atoms with E-state index in [1.54, 1.807) is 31.3 Å². The molecule has 0 aromatic heterocycles. The highest BCUT2D eigenvalue weighted by Crippen LogP contribution is 2.22. The van der Waals surface area contributed by atoms with E-state index < -0.39 is 0 Å². The average molecular weight is 362 g/mol. The van der Waals surface area contributed by atoms with Crippen molar-refractivity contribution < 1.29 is 4.79 Å². The van der Waals surface area contributed by atoms with Crippen molar-refractivity contribution in [2.24, 2.45) is 0 Å². The molecule has 0 N–H and O–H groups in total. The fourth-order valence-electron chi connectivity index (χ4n) is 1.79. The molecule has 3 nitrogen and oxygen atoms in total. The van der Waals surface area contributed by atoms with Crippen molar-refractivity contribution in [3.63, 3.8) is 0 Å². The Hall–Kier alpha value is -1.87. The van der Waals surface area contributed by atoms with Gasteiger partial charge in [0.15, 0.2) is 0 Å². The highest BCUT2D eigenvalue weighted by Gasteiger charge is 2.17. The van der Waals surface area contributed by atoms with Gasteiger partial charge < -0.3 is 4.90 Å². The van der Waals surface area contributed by atoms with Crippen LogP contribution < -0.4 is 4.90 Å². The highest BCUT2D eigenvalue weighted by atomic mass is 127. The maximum Gasteiger partial charge on any atom is 0.259 e. The van der Waals surface area contributed by atoms with E-state index in [4.69, 9.17) is 5.26 Å². The zero-order chi connectivity index (χ0) is 13.8. The first kappa shape index (κ1) is 13.6. The lowest BCUT2D eigenvalue weighted by Gasteiger charge is -2.19. The normalized spacial score (nSPS) is 9.74. The zero-order valence-corrected chi connectivity index (χ0v) is 12.5. The molecule has 0 unspecified atom stereocenters. The summed E-state index contributed by atoms with van der Waals surface area (Å²) in [5.41, 5.74) is 1.75. The molecule has 0 fully saturated rings. The van der Waals surface area contributed by atoms with Gasteiger partial charge in [0.2, 0.25) is 0 Å². The van der Waals surface area contributed by atoms with E-state index in [0.717, 1.165) is 3.57 Å². The molecule has 0 saturated carbocycles. The number of rotatable bonds is 2. The van der Waals surface area contributed by atoms with E-state index in [0.29, 0.717) is 16.8 Å². The molecule has 0 spiro atoms. The molecule has 94 valence electrons. The van der Waals surface area contributed by atoms with Gasteiger partial charge in [-0.2, -0.15) is 5.26 Å². The van der Waals surface area contributed by atoms with E-state index in [9.17, 15) is 4.79 Å². The van der Waals surface area contributed by atoms with Crippen LogP contribution in [0.4, 0.5) is 5.69 Å². The molecule has 1 amide bonds. The van der Waals surface area contributed by atoms with Gasteiger partial charge in [-0.05, 0) is 46.9 Å². The molecular weight excluding hydrogens is 351 g/mol. The van der Waals surface area contributed by atoms with Crippen molar-refractivity contribution in [2.75, 3.05) is 11.9 Å².